The van der Waals surface area contributed by atoms with Gasteiger partial charge in [0.05, 0.1) is 19.1 Å². The molecule has 2 rings (SSSR count). The quantitative estimate of drug-likeness (QED) is 0.650. The first-order chi connectivity index (χ1) is 10.6. The molecule has 0 saturated heterocycles. The Balaban J connectivity index is 0.00000264. The van der Waals surface area contributed by atoms with Crippen molar-refractivity contribution in [2.24, 2.45) is 5.73 Å². The minimum atomic E-state index is -0.270. The zero-order chi connectivity index (χ0) is 15.9. The van der Waals surface area contributed by atoms with Crippen LogP contribution in [0.3, 0.4) is 0 Å². The number of hydrogen-bond acceptors (Lipinski definition) is 5. The lowest BCUT2D eigenvalue weighted by atomic mass is 10.2. The standard InChI is InChI=1S/C14H18BrN5O2.ClH/c1-22-11(7-16)6-13(21)17-8-12-18-14(20-19-12)9-2-4-10(15)5-3-9;/h2-5,11H,6-8,16H2,1H3,(H,17,21)(H,18,19,20);1H. The van der Waals surface area contributed by atoms with E-state index < -0.39 is 0 Å². The number of ether oxygens (including phenoxy) is 1. The molecule has 126 valence electrons. The summed E-state index contributed by atoms with van der Waals surface area (Å²) in [6.45, 7) is 0.587. The molecule has 1 aromatic heterocycles. The van der Waals surface area contributed by atoms with Crippen molar-refractivity contribution in [1.29, 1.82) is 0 Å². The summed E-state index contributed by atoms with van der Waals surface area (Å²) in [5.41, 5.74) is 6.38. The van der Waals surface area contributed by atoms with E-state index in [0.717, 1.165) is 10.0 Å². The van der Waals surface area contributed by atoms with E-state index in [1.807, 2.05) is 24.3 Å². The molecule has 23 heavy (non-hydrogen) atoms. The molecule has 0 spiro atoms. The van der Waals surface area contributed by atoms with Crippen LogP contribution in [0.25, 0.3) is 11.4 Å². The number of rotatable bonds is 7. The number of benzene rings is 1. The van der Waals surface area contributed by atoms with Crippen molar-refractivity contribution in [1.82, 2.24) is 20.5 Å². The Labute approximate surface area is 148 Å². The van der Waals surface area contributed by atoms with Gasteiger partial charge in [0.15, 0.2) is 5.82 Å². The third kappa shape index (κ3) is 5.91. The van der Waals surface area contributed by atoms with Crippen LogP contribution in [-0.2, 0) is 16.1 Å². The number of carbonyl (C=O) groups excluding carboxylic acids is 1. The number of aromatic amines is 1. The van der Waals surface area contributed by atoms with Crippen molar-refractivity contribution >= 4 is 34.2 Å². The maximum Gasteiger partial charge on any atom is 0.223 e. The molecule has 0 aliphatic carbocycles. The third-order valence-corrected chi connectivity index (χ3v) is 3.63. The fourth-order valence-corrected chi connectivity index (χ4v) is 2.09. The molecule has 7 nitrogen and oxygen atoms in total. The van der Waals surface area contributed by atoms with Gasteiger partial charge in [-0.2, -0.15) is 5.10 Å². The van der Waals surface area contributed by atoms with E-state index in [4.69, 9.17) is 10.5 Å². The maximum absolute atomic E-state index is 11.7. The van der Waals surface area contributed by atoms with Crippen LogP contribution in [0.5, 0.6) is 0 Å². The molecule has 1 unspecified atom stereocenters. The Kier molecular flexibility index (Phi) is 8.18. The first-order valence-corrected chi connectivity index (χ1v) is 7.58. The second-order valence-corrected chi connectivity index (χ2v) is 5.60. The molecule has 9 heteroatoms. The van der Waals surface area contributed by atoms with Crippen molar-refractivity contribution < 1.29 is 9.53 Å². The molecule has 0 radical (unpaired) electrons. The molecule has 4 N–H and O–H groups in total. The topological polar surface area (TPSA) is 106 Å². The Hall–Kier alpha value is -1.48. The van der Waals surface area contributed by atoms with Crippen LogP contribution in [0.15, 0.2) is 28.7 Å². The predicted molar refractivity (Wildman–Crippen MR) is 93.1 cm³/mol. The minimum absolute atomic E-state index is 0. The lowest BCUT2D eigenvalue weighted by Crippen LogP contribution is -2.32. The molecule has 1 aromatic carbocycles. The van der Waals surface area contributed by atoms with Gasteiger partial charge in [-0.25, -0.2) is 4.98 Å². The number of H-pyrrole nitrogens is 1. The molecule has 0 aliphatic heterocycles. The van der Waals surface area contributed by atoms with E-state index in [1.165, 1.54) is 7.11 Å². The molecule has 2 aromatic rings. The SMILES string of the molecule is COC(CN)CC(=O)NCc1nc(-c2ccc(Br)cc2)n[nH]1.Cl. The zero-order valence-electron chi connectivity index (χ0n) is 12.6. The Morgan fingerprint density at radius 3 is 2.74 bits per heavy atom. The summed E-state index contributed by atoms with van der Waals surface area (Å²) < 4.78 is 6.06. The van der Waals surface area contributed by atoms with Crippen LogP contribution >= 0.6 is 28.3 Å². The third-order valence-electron chi connectivity index (χ3n) is 3.10. The highest BCUT2D eigenvalue weighted by Crippen LogP contribution is 2.18. The summed E-state index contributed by atoms with van der Waals surface area (Å²) in [5.74, 6) is 1.04. The Morgan fingerprint density at radius 1 is 1.43 bits per heavy atom. The molecule has 0 bridgehead atoms. The Morgan fingerprint density at radius 2 is 2.13 bits per heavy atom. The van der Waals surface area contributed by atoms with Crippen LogP contribution in [0, 0.1) is 0 Å². The molecule has 0 aliphatic rings. The van der Waals surface area contributed by atoms with Gasteiger partial charge in [-0.3, -0.25) is 9.89 Å². The molecule has 1 atom stereocenters. The highest BCUT2D eigenvalue weighted by Gasteiger charge is 2.12. The molecule has 1 heterocycles. The van der Waals surface area contributed by atoms with E-state index in [9.17, 15) is 4.79 Å². The second kappa shape index (κ2) is 9.61. The van der Waals surface area contributed by atoms with E-state index in [2.05, 4.69) is 36.4 Å². The van der Waals surface area contributed by atoms with Crippen LogP contribution in [0.4, 0.5) is 0 Å². The fourth-order valence-electron chi connectivity index (χ4n) is 1.83. The lowest BCUT2D eigenvalue weighted by Gasteiger charge is -2.11. The van der Waals surface area contributed by atoms with Gasteiger partial charge in [0.2, 0.25) is 5.91 Å². The smallest absolute Gasteiger partial charge is 0.223 e. The monoisotopic (exact) mass is 403 g/mol. The van der Waals surface area contributed by atoms with Crippen LogP contribution < -0.4 is 11.1 Å². The van der Waals surface area contributed by atoms with Crippen molar-refractivity contribution in [3.8, 4) is 11.4 Å². The second-order valence-electron chi connectivity index (χ2n) is 4.69. The van der Waals surface area contributed by atoms with Gasteiger partial charge in [-0.1, -0.05) is 28.1 Å². The molecular weight excluding hydrogens is 386 g/mol. The molecule has 0 saturated carbocycles. The van der Waals surface area contributed by atoms with Gasteiger partial charge >= 0.3 is 0 Å². The summed E-state index contributed by atoms with van der Waals surface area (Å²) in [6, 6.07) is 7.68. The predicted octanol–water partition coefficient (Wildman–Crippen LogP) is 1.64. The summed E-state index contributed by atoms with van der Waals surface area (Å²) in [7, 11) is 1.53. The average molecular weight is 405 g/mol. The maximum atomic E-state index is 11.7. The number of methoxy groups -OCH3 is 1. The fraction of sp³-hybridized carbons (Fsp3) is 0.357. The highest BCUT2D eigenvalue weighted by atomic mass is 79.9. The van der Waals surface area contributed by atoms with Crippen molar-refractivity contribution in [3.05, 3.63) is 34.6 Å². The van der Waals surface area contributed by atoms with Crippen molar-refractivity contribution in [3.63, 3.8) is 0 Å². The number of nitrogens with zero attached hydrogens (tertiary/aromatic N) is 2. The number of hydrogen-bond donors (Lipinski definition) is 3. The van der Waals surface area contributed by atoms with Gasteiger partial charge in [0.1, 0.15) is 5.82 Å². The summed E-state index contributed by atoms with van der Waals surface area (Å²) in [4.78, 5) is 16.1. The van der Waals surface area contributed by atoms with Gasteiger partial charge in [0, 0.05) is 23.7 Å². The summed E-state index contributed by atoms with van der Waals surface area (Å²) in [5, 5.41) is 9.71. The Bertz CT molecular complexity index is 616. The number of nitrogens with two attached hydrogens (primary N) is 1. The minimum Gasteiger partial charge on any atom is -0.380 e. The van der Waals surface area contributed by atoms with E-state index >= 15 is 0 Å². The van der Waals surface area contributed by atoms with Crippen molar-refractivity contribution in [2.75, 3.05) is 13.7 Å². The van der Waals surface area contributed by atoms with Crippen LogP contribution in [0.2, 0.25) is 0 Å². The lowest BCUT2D eigenvalue weighted by molar-refractivity contribution is -0.123. The average Bonchev–Trinajstić information content (AvgIpc) is 3.00. The van der Waals surface area contributed by atoms with Gasteiger partial charge in [0.25, 0.3) is 0 Å². The number of halogens is 2. The summed E-state index contributed by atoms with van der Waals surface area (Å²) >= 11 is 3.38. The largest absolute Gasteiger partial charge is 0.380 e. The van der Waals surface area contributed by atoms with E-state index in [0.29, 0.717) is 18.2 Å². The number of nitrogens with one attached hydrogen (secondary N) is 2. The number of aromatic nitrogens is 3. The zero-order valence-corrected chi connectivity index (χ0v) is 15.0. The van der Waals surface area contributed by atoms with Crippen LogP contribution in [-0.4, -0.2) is 40.8 Å². The number of carbonyl (C=O) groups is 1. The van der Waals surface area contributed by atoms with Crippen LogP contribution in [0.1, 0.15) is 12.2 Å². The highest BCUT2D eigenvalue weighted by molar-refractivity contribution is 9.10. The van der Waals surface area contributed by atoms with Gasteiger partial charge in [-0.15, -0.1) is 12.4 Å². The van der Waals surface area contributed by atoms with Gasteiger partial charge in [-0.05, 0) is 12.1 Å². The first kappa shape index (κ1) is 19.6. The van der Waals surface area contributed by atoms with E-state index in [1.54, 1.807) is 0 Å². The molecule has 1 amide bonds. The molecular formula is C14H19BrClN5O2. The van der Waals surface area contributed by atoms with E-state index in [-0.39, 0.29) is 37.4 Å². The first-order valence-electron chi connectivity index (χ1n) is 6.79. The normalized spacial score (nSPS) is 11.6. The summed E-state index contributed by atoms with van der Waals surface area (Å²) in [6.07, 6.45) is -0.0474. The van der Waals surface area contributed by atoms with Gasteiger partial charge < -0.3 is 15.8 Å². The van der Waals surface area contributed by atoms with Crippen molar-refractivity contribution in [2.45, 2.75) is 19.1 Å². The number of amides is 1. The molecule has 0 fully saturated rings.